The van der Waals surface area contributed by atoms with Crippen LogP contribution in [0.15, 0.2) is 0 Å². The van der Waals surface area contributed by atoms with E-state index in [0.717, 1.165) is 6.42 Å². The van der Waals surface area contributed by atoms with E-state index in [1.54, 1.807) is 20.8 Å². The van der Waals surface area contributed by atoms with E-state index in [9.17, 15) is 14.4 Å². The van der Waals surface area contributed by atoms with Crippen molar-refractivity contribution in [1.82, 2.24) is 5.06 Å². The van der Waals surface area contributed by atoms with Gasteiger partial charge in [0.1, 0.15) is 6.04 Å². The smallest absolute Gasteiger partial charge is 0.330 e. The van der Waals surface area contributed by atoms with Crippen LogP contribution in [-0.4, -0.2) is 42.0 Å². The lowest BCUT2D eigenvalue weighted by Crippen LogP contribution is -2.41. The molecule has 0 amide bonds. The number of Topliss-reactive ketones (excluding diaryl/α,β-unsaturated/α-hetero) is 1. The number of nitrogens with zero attached hydrogens (tertiary/aromatic N) is 1. The molecule has 6 heteroatoms. The van der Waals surface area contributed by atoms with Crippen LogP contribution in [0.5, 0.6) is 0 Å². The molecule has 0 bridgehead atoms. The molecule has 0 spiro atoms. The molecule has 0 aliphatic carbocycles. The third kappa shape index (κ3) is 4.63. The zero-order valence-corrected chi connectivity index (χ0v) is 11.9. The molecule has 1 saturated heterocycles. The number of carbonyl (C=O) groups is 3. The molecule has 1 heterocycles. The van der Waals surface area contributed by atoms with Crippen molar-refractivity contribution in [3.63, 3.8) is 0 Å². The second-order valence-corrected chi connectivity index (χ2v) is 5.67. The molecule has 0 aromatic heterocycles. The van der Waals surface area contributed by atoms with Crippen LogP contribution in [0.3, 0.4) is 0 Å². The third-order valence-corrected chi connectivity index (χ3v) is 2.81. The van der Waals surface area contributed by atoms with Crippen LogP contribution in [0.4, 0.5) is 0 Å². The Balaban J connectivity index is 2.56. The normalized spacial score (nSPS) is 20.1. The fraction of sp³-hybridized carbons (Fsp3) is 0.769. The van der Waals surface area contributed by atoms with E-state index in [4.69, 9.17) is 4.84 Å². The first-order chi connectivity index (χ1) is 8.71. The summed E-state index contributed by atoms with van der Waals surface area (Å²) in [5, 5.41) is 1.40. The maximum atomic E-state index is 11.9. The van der Waals surface area contributed by atoms with Gasteiger partial charge in [-0.2, -0.15) is 0 Å². The number of ether oxygens (including phenoxy) is 1. The van der Waals surface area contributed by atoms with Gasteiger partial charge in [0.05, 0.1) is 5.41 Å². The Bertz CT molecular complexity index is 372. The number of hydrogen-bond donors (Lipinski definition) is 0. The van der Waals surface area contributed by atoms with Gasteiger partial charge in [-0.15, -0.1) is 5.06 Å². The van der Waals surface area contributed by atoms with Crippen LogP contribution in [0.2, 0.25) is 0 Å². The average Bonchev–Trinajstić information content (AvgIpc) is 2.72. The minimum atomic E-state index is -0.619. The largest absolute Gasteiger partial charge is 0.458 e. The molecular weight excluding hydrogens is 250 g/mol. The highest BCUT2D eigenvalue weighted by molar-refractivity contribution is 5.87. The van der Waals surface area contributed by atoms with E-state index < -0.39 is 17.4 Å². The summed E-state index contributed by atoms with van der Waals surface area (Å²) < 4.78 is 4.68. The lowest BCUT2D eigenvalue weighted by molar-refractivity contribution is -0.204. The second kappa shape index (κ2) is 6.14. The van der Waals surface area contributed by atoms with Crippen molar-refractivity contribution in [2.45, 2.75) is 46.6 Å². The molecule has 1 aliphatic rings. The molecule has 1 atom stereocenters. The van der Waals surface area contributed by atoms with Crippen LogP contribution in [0.1, 0.15) is 40.5 Å². The lowest BCUT2D eigenvalue weighted by atomic mass is 9.98. The number of ketones is 1. The number of carbonyl (C=O) groups excluding carboxylic acids is 3. The Labute approximate surface area is 113 Å². The van der Waals surface area contributed by atoms with Gasteiger partial charge in [-0.25, -0.2) is 4.79 Å². The quantitative estimate of drug-likeness (QED) is 0.713. The highest BCUT2D eigenvalue weighted by atomic mass is 16.7. The molecular formula is C13H21NO5. The van der Waals surface area contributed by atoms with E-state index in [0.29, 0.717) is 13.0 Å². The van der Waals surface area contributed by atoms with Crippen LogP contribution in [0, 0.1) is 5.41 Å². The van der Waals surface area contributed by atoms with Crippen LogP contribution >= 0.6 is 0 Å². The van der Waals surface area contributed by atoms with Crippen molar-refractivity contribution in [1.29, 1.82) is 0 Å². The van der Waals surface area contributed by atoms with E-state index in [2.05, 4.69) is 4.74 Å². The molecule has 1 fully saturated rings. The van der Waals surface area contributed by atoms with E-state index >= 15 is 0 Å². The predicted octanol–water partition coefficient (Wildman–Crippen LogP) is 1.09. The summed E-state index contributed by atoms with van der Waals surface area (Å²) >= 11 is 0. The van der Waals surface area contributed by atoms with Gasteiger partial charge in [0, 0.05) is 13.5 Å². The van der Waals surface area contributed by atoms with Gasteiger partial charge in [0.2, 0.25) is 0 Å². The predicted molar refractivity (Wildman–Crippen MR) is 66.9 cm³/mol. The lowest BCUT2D eigenvalue weighted by Gasteiger charge is -2.25. The Morgan fingerprint density at radius 3 is 2.42 bits per heavy atom. The molecule has 108 valence electrons. The maximum Gasteiger partial charge on any atom is 0.330 e. The zero-order valence-electron chi connectivity index (χ0n) is 11.9. The van der Waals surface area contributed by atoms with Crippen LogP contribution < -0.4 is 0 Å². The summed E-state index contributed by atoms with van der Waals surface area (Å²) in [6.07, 6.45) is 1.38. The monoisotopic (exact) mass is 271 g/mol. The first-order valence-corrected chi connectivity index (χ1v) is 6.37. The first kappa shape index (κ1) is 15.6. The van der Waals surface area contributed by atoms with Gasteiger partial charge in [-0.1, -0.05) is 0 Å². The van der Waals surface area contributed by atoms with Gasteiger partial charge in [-0.05, 0) is 33.6 Å². The summed E-state index contributed by atoms with van der Waals surface area (Å²) in [5.41, 5.74) is -0.619. The molecule has 0 N–H and O–H groups in total. The minimum absolute atomic E-state index is 0.241. The van der Waals surface area contributed by atoms with Crippen molar-refractivity contribution < 1.29 is 24.0 Å². The van der Waals surface area contributed by atoms with E-state index in [1.807, 2.05) is 0 Å². The molecule has 0 unspecified atom stereocenters. The summed E-state index contributed by atoms with van der Waals surface area (Å²) in [6, 6.07) is -0.509. The van der Waals surface area contributed by atoms with E-state index in [1.165, 1.54) is 12.0 Å². The highest BCUT2D eigenvalue weighted by Gasteiger charge is 2.36. The summed E-state index contributed by atoms with van der Waals surface area (Å²) in [5.74, 6) is -1.11. The molecule has 1 rings (SSSR count). The Kier molecular flexibility index (Phi) is 5.05. The van der Waals surface area contributed by atoms with Gasteiger partial charge in [-0.3, -0.25) is 9.59 Å². The van der Waals surface area contributed by atoms with Crippen molar-refractivity contribution in [3.8, 4) is 0 Å². The highest BCUT2D eigenvalue weighted by Crippen LogP contribution is 2.22. The van der Waals surface area contributed by atoms with Crippen molar-refractivity contribution >= 4 is 17.7 Å². The average molecular weight is 271 g/mol. The molecule has 19 heavy (non-hydrogen) atoms. The molecule has 0 radical (unpaired) electrons. The topological polar surface area (TPSA) is 72.9 Å². The standard InChI is InChI=1S/C13H21NO5/c1-9(15)18-8-11(16)10-6-5-7-14(10)19-12(17)13(2,3)4/h10H,5-8H2,1-4H3/t10-/m0/s1. The van der Waals surface area contributed by atoms with Crippen LogP contribution in [0.25, 0.3) is 0 Å². The van der Waals surface area contributed by atoms with Crippen LogP contribution in [-0.2, 0) is 24.0 Å². The first-order valence-electron chi connectivity index (χ1n) is 6.37. The van der Waals surface area contributed by atoms with E-state index in [-0.39, 0.29) is 18.4 Å². The Morgan fingerprint density at radius 1 is 1.26 bits per heavy atom. The number of esters is 1. The molecule has 0 aromatic rings. The number of hydroxylamine groups is 2. The van der Waals surface area contributed by atoms with Gasteiger partial charge < -0.3 is 9.57 Å². The fourth-order valence-corrected chi connectivity index (χ4v) is 1.68. The molecule has 6 nitrogen and oxygen atoms in total. The minimum Gasteiger partial charge on any atom is -0.458 e. The molecule has 1 aliphatic heterocycles. The Hall–Kier alpha value is -1.43. The summed E-state index contributed by atoms with van der Waals surface area (Å²) in [6.45, 7) is 6.75. The van der Waals surface area contributed by atoms with Gasteiger partial charge in [0.15, 0.2) is 12.4 Å². The van der Waals surface area contributed by atoms with Crippen molar-refractivity contribution in [2.24, 2.45) is 5.41 Å². The number of hydrogen-bond acceptors (Lipinski definition) is 6. The summed E-state index contributed by atoms with van der Waals surface area (Å²) in [7, 11) is 0. The molecule has 0 aromatic carbocycles. The van der Waals surface area contributed by atoms with Crippen molar-refractivity contribution in [3.05, 3.63) is 0 Å². The fourth-order valence-electron chi connectivity index (χ4n) is 1.68. The SMILES string of the molecule is CC(=O)OCC(=O)[C@@H]1CCCN1OC(=O)C(C)(C)C. The van der Waals surface area contributed by atoms with Gasteiger partial charge >= 0.3 is 11.9 Å². The maximum absolute atomic E-state index is 11.9. The number of rotatable bonds is 4. The van der Waals surface area contributed by atoms with Gasteiger partial charge in [0.25, 0.3) is 0 Å². The molecule has 0 saturated carbocycles. The summed E-state index contributed by atoms with van der Waals surface area (Å²) in [4.78, 5) is 39.6. The second-order valence-electron chi connectivity index (χ2n) is 5.67. The third-order valence-electron chi connectivity index (χ3n) is 2.81. The van der Waals surface area contributed by atoms with Crippen molar-refractivity contribution in [2.75, 3.05) is 13.2 Å². The zero-order chi connectivity index (χ0) is 14.6. The Morgan fingerprint density at radius 2 is 1.89 bits per heavy atom.